The molecular weight excluding hydrogens is 360 g/mol. The van der Waals surface area contributed by atoms with Crippen molar-refractivity contribution in [2.45, 2.75) is 20.4 Å². The van der Waals surface area contributed by atoms with Crippen LogP contribution >= 0.6 is 0 Å². The number of hydrogen-bond acceptors (Lipinski definition) is 5. The fraction of sp³-hybridized carbons (Fsp3) is 0.167. The van der Waals surface area contributed by atoms with Crippen molar-refractivity contribution >= 4 is 28.4 Å². The minimum absolute atomic E-state index is 0.575. The van der Waals surface area contributed by atoms with Crippen molar-refractivity contribution in [3.05, 3.63) is 83.4 Å². The summed E-state index contributed by atoms with van der Waals surface area (Å²) >= 11 is 0. The van der Waals surface area contributed by atoms with Gasteiger partial charge in [0.1, 0.15) is 11.6 Å². The summed E-state index contributed by atoms with van der Waals surface area (Å²) in [5, 5.41) is 7.80. The van der Waals surface area contributed by atoms with E-state index in [-0.39, 0.29) is 0 Å². The third-order valence-electron chi connectivity index (χ3n) is 4.70. The van der Waals surface area contributed by atoms with Crippen LogP contribution in [0.25, 0.3) is 10.9 Å². The molecule has 1 aromatic heterocycles. The lowest BCUT2D eigenvalue weighted by molar-refractivity contribution is 0.414. The van der Waals surface area contributed by atoms with E-state index in [4.69, 9.17) is 9.72 Å². The summed E-state index contributed by atoms with van der Waals surface area (Å²) in [6.45, 7) is 4.83. The van der Waals surface area contributed by atoms with Crippen molar-refractivity contribution in [3.63, 3.8) is 0 Å². The normalized spacial score (nSPS) is 10.7. The van der Waals surface area contributed by atoms with Crippen LogP contribution in [0.2, 0.25) is 0 Å². The highest BCUT2D eigenvalue weighted by molar-refractivity contribution is 5.90. The topological polar surface area (TPSA) is 59.1 Å². The average molecular weight is 384 g/mol. The molecule has 0 unspecified atom stereocenters. The van der Waals surface area contributed by atoms with Gasteiger partial charge in [-0.1, -0.05) is 30.3 Å². The van der Waals surface area contributed by atoms with Crippen molar-refractivity contribution in [1.29, 1.82) is 0 Å². The molecule has 0 aliphatic rings. The maximum absolute atomic E-state index is 5.23. The zero-order valence-electron chi connectivity index (χ0n) is 16.9. The molecule has 0 aliphatic carbocycles. The molecule has 0 saturated carbocycles. The highest BCUT2D eigenvalue weighted by Crippen LogP contribution is 2.25. The smallest absolute Gasteiger partial charge is 0.229 e. The predicted octanol–water partition coefficient (Wildman–Crippen LogP) is 5.61. The molecule has 29 heavy (non-hydrogen) atoms. The number of rotatable bonds is 6. The lowest BCUT2D eigenvalue weighted by atomic mass is 10.1. The van der Waals surface area contributed by atoms with Crippen LogP contribution in [0.4, 0.5) is 17.5 Å². The first-order valence-electron chi connectivity index (χ1n) is 9.59. The number of ether oxygens (including phenoxy) is 1. The lowest BCUT2D eigenvalue weighted by Crippen LogP contribution is -2.06. The first kappa shape index (κ1) is 18.7. The summed E-state index contributed by atoms with van der Waals surface area (Å²) < 4.78 is 5.23. The Hall–Kier alpha value is -3.60. The largest absolute Gasteiger partial charge is 0.497 e. The molecule has 0 amide bonds. The SMILES string of the molecule is COc1ccc(CNc2nc(Nc3cc(C)cc(C)c3)nc3ccccc23)cc1. The third kappa shape index (κ3) is 4.46. The van der Waals surface area contributed by atoms with Gasteiger partial charge in [0.2, 0.25) is 5.95 Å². The monoisotopic (exact) mass is 384 g/mol. The summed E-state index contributed by atoms with van der Waals surface area (Å²) in [6, 6.07) is 22.4. The van der Waals surface area contributed by atoms with Crippen LogP contribution in [0.3, 0.4) is 0 Å². The number of benzene rings is 3. The van der Waals surface area contributed by atoms with Crippen LogP contribution in [0.1, 0.15) is 16.7 Å². The number of aromatic nitrogens is 2. The molecule has 3 aromatic carbocycles. The molecule has 5 nitrogen and oxygen atoms in total. The minimum atomic E-state index is 0.575. The minimum Gasteiger partial charge on any atom is -0.497 e. The third-order valence-corrected chi connectivity index (χ3v) is 4.70. The number of para-hydroxylation sites is 1. The van der Waals surface area contributed by atoms with Crippen LogP contribution in [-0.2, 0) is 6.54 Å². The van der Waals surface area contributed by atoms with Crippen molar-refractivity contribution in [1.82, 2.24) is 9.97 Å². The van der Waals surface area contributed by atoms with Gasteiger partial charge in [0, 0.05) is 17.6 Å². The molecule has 2 N–H and O–H groups in total. The van der Waals surface area contributed by atoms with Gasteiger partial charge in [-0.2, -0.15) is 4.98 Å². The van der Waals surface area contributed by atoms with Crippen LogP contribution in [-0.4, -0.2) is 17.1 Å². The molecular formula is C24H24N4O. The zero-order chi connectivity index (χ0) is 20.2. The van der Waals surface area contributed by atoms with Crippen LogP contribution in [0.5, 0.6) is 5.75 Å². The number of aryl methyl sites for hydroxylation is 2. The van der Waals surface area contributed by atoms with Gasteiger partial charge in [0.05, 0.1) is 12.6 Å². The maximum atomic E-state index is 5.23. The van der Waals surface area contributed by atoms with Gasteiger partial charge >= 0.3 is 0 Å². The first-order valence-corrected chi connectivity index (χ1v) is 9.59. The summed E-state index contributed by atoms with van der Waals surface area (Å²) in [7, 11) is 1.67. The summed E-state index contributed by atoms with van der Waals surface area (Å²) in [5.74, 6) is 2.23. The quantitative estimate of drug-likeness (QED) is 0.452. The Labute approximate surface area is 170 Å². The van der Waals surface area contributed by atoms with E-state index in [9.17, 15) is 0 Å². The Morgan fingerprint density at radius 2 is 1.59 bits per heavy atom. The molecule has 0 spiro atoms. The van der Waals surface area contributed by atoms with Crippen molar-refractivity contribution < 1.29 is 4.74 Å². The van der Waals surface area contributed by atoms with Gasteiger partial charge in [0.15, 0.2) is 0 Å². The van der Waals surface area contributed by atoms with Crippen molar-refractivity contribution in [2.24, 2.45) is 0 Å². The number of fused-ring (bicyclic) bond motifs is 1. The van der Waals surface area contributed by atoms with Crippen molar-refractivity contribution in [3.8, 4) is 5.75 Å². The molecule has 4 rings (SSSR count). The number of nitrogens with one attached hydrogen (secondary N) is 2. The summed E-state index contributed by atoms with van der Waals surface area (Å²) in [4.78, 5) is 9.44. The molecule has 0 aliphatic heterocycles. The standard InChI is InChI=1S/C24H24N4O/c1-16-12-17(2)14-19(13-16)26-24-27-22-7-5-4-6-21(22)23(28-24)25-15-18-8-10-20(29-3)11-9-18/h4-14H,15H2,1-3H3,(H2,25,26,27,28). The Morgan fingerprint density at radius 1 is 0.862 bits per heavy atom. The highest BCUT2D eigenvalue weighted by atomic mass is 16.5. The Bertz CT molecular complexity index is 1120. The number of nitrogens with zero attached hydrogens (tertiary/aromatic N) is 2. The summed E-state index contributed by atoms with van der Waals surface area (Å²) in [5.41, 5.74) is 5.43. The number of methoxy groups -OCH3 is 1. The second-order valence-electron chi connectivity index (χ2n) is 7.12. The van der Waals surface area contributed by atoms with E-state index in [1.54, 1.807) is 7.11 Å². The van der Waals surface area contributed by atoms with Crippen LogP contribution < -0.4 is 15.4 Å². The second-order valence-corrected chi connectivity index (χ2v) is 7.12. The molecule has 0 saturated heterocycles. The molecule has 146 valence electrons. The Balaban J connectivity index is 1.63. The van der Waals surface area contributed by atoms with E-state index >= 15 is 0 Å². The van der Waals surface area contributed by atoms with E-state index in [0.29, 0.717) is 12.5 Å². The van der Waals surface area contributed by atoms with E-state index < -0.39 is 0 Å². The van der Waals surface area contributed by atoms with Crippen LogP contribution in [0.15, 0.2) is 66.7 Å². The van der Waals surface area contributed by atoms with Crippen molar-refractivity contribution in [2.75, 3.05) is 17.7 Å². The Morgan fingerprint density at radius 3 is 2.31 bits per heavy atom. The molecule has 0 radical (unpaired) electrons. The van der Waals surface area contributed by atoms with Gasteiger partial charge in [-0.25, -0.2) is 4.98 Å². The molecule has 5 heteroatoms. The van der Waals surface area contributed by atoms with E-state index in [2.05, 4.69) is 47.7 Å². The lowest BCUT2D eigenvalue weighted by Gasteiger charge is -2.13. The highest BCUT2D eigenvalue weighted by Gasteiger charge is 2.08. The average Bonchev–Trinajstić information content (AvgIpc) is 2.71. The molecule has 4 aromatic rings. The number of hydrogen-bond donors (Lipinski definition) is 2. The van der Waals surface area contributed by atoms with Gasteiger partial charge in [-0.15, -0.1) is 0 Å². The van der Waals surface area contributed by atoms with E-state index in [1.165, 1.54) is 11.1 Å². The molecule has 1 heterocycles. The van der Waals surface area contributed by atoms with Gasteiger partial charge in [-0.05, 0) is 66.9 Å². The van der Waals surface area contributed by atoms with Gasteiger partial charge in [0.25, 0.3) is 0 Å². The van der Waals surface area contributed by atoms with Gasteiger partial charge in [-0.3, -0.25) is 0 Å². The molecule has 0 atom stereocenters. The molecule has 0 fully saturated rings. The predicted molar refractivity (Wildman–Crippen MR) is 119 cm³/mol. The van der Waals surface area contributed by atoms with E-state index in [0.717, 1.165) is 33.7 Å². The van der Waals surface area contributed by atoms with Crippen LogP contribution in [0, 0.1) is 13.8 Å². The maximum Gasteiger partial charge on any atom is 0.229 e. The fourth-order valence-corrected chi connectivity index (χ4v) is 3.37. The zero-order valence-corrected chi connectivity index (χ0v) is 16.9. The second kappa shape index (κ2) is 8.19. The van der Waals surface area contributed by atoms with Gasteiger partial charge < -0.3 is 15.4 Å². The fourth-order valence-electron chi connectivity index (χ4n) is 3.37. The first-order chi connectivity index (χ1) is 14.1. The Kier molecular flexibility index (Phi) is 5.29. The van der Waals surface area contributed by atoms with E-state index in [1.807, 2.05) is 48.5 Å². The number of anilines is 3. The molecule has 0 bridgehead atoms. The summed E-state index contributed by atoms with van der Waals surface area (Å²) in [6.07, 6.45) is 0.